The smallest absolute Gasteiger partial charge is 0.136 e. The summed E-state index contributed by atoms with van der Waals surface area (Å²) in [6, 6.07) is 6.05. The maximum Gasteiger partial charge on any atom is 0.136 e. The van der Waals surface area contributed by atoms with E-state index < -0.39 is 6.10 Å². The topological polar surface area (TPSA) is 91.0 Å². The van der Waals surface area contributed by atoms with Crippen LogP contribution in [0, 0.1) is 30.6 Å². The Bertz CT molecular complexity index is 790. The van der Waals surface area contributed by atoms with Crippen molar-refractivity contribution in [2.45, 2.75) is 104 Å². The highest BCUT2D eigenvalue weighted by molar-refractivity contribution is 5.81. The molecule has 0 spiro atoms. The Kier molecular flexibility index (Phi) is 14.1. The van der Waals surface area contributed by atoms with E-state index in [2.05, 4.69) is 52.8 Å². The van der Waals surface area contributed by atoms with Gasteiger partial charge >= 0.3 is 0 Å². The maximum atomic E-state index is 13.0. The summed E-state index contributed by atoms with van der Waals surface area (Å²) in [6.45, 7) is 12.7. The first-order valence-corrected chi connectivity index (χ1v) is 14.4. The third kappa shape index (κ3) is 11.0. The predicted molar refractivity (Wildman–Crippen MR) is 150 cm³/mol. The number of carbonyl (C=O) groups is 1. The van der Waals surface area contributed by atoms with Crippen molar-refractivity contribution in [2.24, 2.45) is 29.4 Å². The minimum absolute atomic E-state index is 0.171. The van der Waals surface area contributed by atoms with Crippen molar-refractivity contribution < 1.29 is 24.1 Å². The van der Waals surface area contributed by atoms with Crippen molar-refractivity contribution in [1.82, 2.24) is 0 Å². The van der Waals surface area contributed by atoms with Crippen molar-refractivity contribution in [1.29, 1.82) is 0 Å². The highest BCUT2D eigenvalue weighted by Gasteiger charge is 2.30. The van der Waals surface area contributed by atoms with Gasteiger partial charge in [-0.1, -0.05) is 39.8 Å². The number of methoxy groups -OCH3 is 1. The van der Waals surface area contributed by atoms with Crippen LogP contribution in [0.1, 0.15) is 83.8 Å². The number of Topliss-reactive ketones (excluding diaryl/α,β-unsaturated/α-hetero) is 1. The quantitative estimate of drug-likeness (QED) is 0.249. The number of carbonyl (C=O) groups excluding carboxylic acids is 1. The molecule has 1 aliphatic rings. The average molecular weight is 520 g/mol. The number of aliphatic hydroxyl groups excluding tert-OH is 1. The summed E-state index contributed by atoms with van der Waals surface area (Å²) in [5.41, 5.74) is 8.90. The van der Waals surface area contributed by atoms with E-state index in [1.165, 1.54) is 5.56 Å². The fraction of sp³-hybridized carbons (Fsp3) is 0.774. The Hall–Kier alpha value is -1.47. The third-order valence-corrected chi connectivity index (χ3v) is 7.96. The molecule has 3 N–H and O–H groups in total. The lowest BCUT2D eigenvalue weighted by atomic mass is 9.79. The van der Waals surface area contributed by atoms with E-state index in [9.17, 15) is 9.90 Å². The molecule has 1 aliphatic heterocycles. The molecule has 0 unspecified atom stereocenters. The molecular weight excluding hydrogens is 466 g/mol. The van der Waals surface area contributed by atoms with Gasteiger partial charge in [-0.25, -0.2) is 0 Å². The van der Waals surface area contributed by atoms with E-state index in [4.69, 9.17) is 19.9 Å². The lowest BCUT2D eigenvalue weighted by Gasteiger charge is -2.30. The molecule has 0 radical (unpaired) electrons. The van der Waals surface area contributed by atoms with Gasteiger partial charge in [-0.15, -0.1) is 0 Å². The molecule has 0 amide bonds. The maximum absolute atomic E-state index is 13.0. The van der Waals surface area contributed by atoms with Gasteiger partial charge < -0.3 is 25.1 Å². The number of ether oxygens (including phenoxy) is 3. The monoisotopic (exact) mass is 519 g/mol. The standard InChI is InChI=1S/C31H53NO5/c1-21(2)25(17-24-11-10-23(5)31(18-24)37-16-8-14-35-6)19-28(32)30(34)20-27(22(3)4)29(33)13-12-26-9-7-15-36-26/h10-11,18,21-22,25-28,30,34H,7-9,12-17,19-20,32H2,1-6H3/t25-,26-,27-,28-,30-/m0/s1. The zero-order valence-corrected chi connectivity index (χ0v) is 24.2. The lowest BCUT2D eigenvalue weighted by molar-refractivity contribution is -0.126. The van der Waals surface area contributed by atoms with Gasteiger partial charge in [0.25, 0.3) is 0 Å². The van der Waals surface area contributed by atoms with Crippen LogP contribution >= 0.6 is 0 Å². The number of nitrogens with two attached hydrogens (primary N) is 1. The summed E-state index contributed by atoms with van der Waals surface area (Å²) in [6.07, 6.45) is 5.84. The first-order chi connectivity index (χ1) is 17.6. The number of ketones is 1. The molecule has 2 rings (SSSR count). The zero-order chi connectivity index (χ0) is 27.4. The Morgan fingerprint density at radius 2 is 1.92 bits per heavy atom. The Morgan fingerprint density at radius 3 is 2.54 bits per heavy atom. The van der Waals surface area contributed by atoms with Crippen LogP contribution in [0.2, 0.25) is 0 Å². The fourth-order valence-corrected chi connectivity index (χ4v) is 5.28. The van der Waals surface area contributed by atoms with E-state index in [1.54, 1.807) is 7.11 Å². The number of rotatable bonds is 18. The largest absolute Gasteiger partial charge is 0.493 e. The molecule has 0 saturated carbocycles. The molecule has 1 heterocycles. The third-order valence-electron chi connectivity index (χ3n) is 7.96. The van der Waals surface area contributed by atoms with Crippen LogP contribution in [0.4, 0.5) is 0 Å². The van der Waals surface area contributed by atoms with Crippen LogP contribution in [-0.2, 0) is 20.7 Å². The van der Waals surface area contributed by atoms with Gasteiger partial charge in [0.1, 0.15) is 11.5 Å². The first-order valence-electron chi connectivity index (χ1n) is 14.4. The van der Waals surface area contributed by atoms with Crippen LogP contribution in [0.25, 0.3) is 0 Å². The summed E-state index contributed by atoms with van der Waals surface area (Å²) in [4.78, 5) is 13.0. The Balaban J connectivity index is 1.94. The van der Waals surface area contributed by atoms with Crippen LogP contribution < -0.4 is 10.5 Å². The van der Waals surface area contributed by atoms with E-state index in [0.717, 1.165) is 50.0 Å². The molecule has 1 aromatic carbocycles. The Morgan fingerprint density at radius 1 is 1.16 bits per heavy atom. The summed E-state index contributed by atoms with van der Waals surface area (Å²) in [5, 5.41) is 11.1. The molecule has 0 aliphatic carbocycles. The SMILES string of the molecule is COCCCOc1cc(C[C@@H](C[C@H](N)[C@@H](O)C[C@H](C(=O)CC[C@@H]2CCCO2)C(C)C)C(C)C)ccc1C. The predicted octanol–water partition coefficient (Wildman–Crippen LogP) is 5.49. The number of hydrogen-bond acceptors (Lipinski definition) is 6. The van der Waals surface area contributed by atoms with Crippen LogP contribution in [0.5, 0.6) is 5.75 Å². The number of benzene rings is 1. The highest BCUT2D eigenvalue weighted by Crippen LogP contribution is 2.29. The number of hydrogen-bond donors (Lipinski definition) is 2. The van der Waals surface area contributed by atoms with Gasteiger partial charge in [-0.05, 0) is 80.4 Å². The Labute approximate surface area is 225 Å². The van der Waals surface area contributed by atoms with Gasteiger partial charge in [0.15, 0.2) is 0 Å². The van der Waals surface area contributed by atoms with E-state index in [-0.39, 0.29) is 29.8 Å². The molecule has 6 heteroatoms. The number of aliphatic hydroxyl groups is 1. The van der Waals surface area contributed by atoms with Crippen molar-refractivity contribution in [3.8, 4) is 5.75 Å². The average Bonchev–Trinajstić information content (AvgIpc) is 3.38. The van der Waals surface area contributed by atoms with Gasteiger partial charge in [0.2, 0.25) is 0 Å². The highest BCUT2D eigenvalue weighted by atomic mass is 16.5. The molecule has 0 bridgehead atoms. The van der Waals surface area contributed by atoms with Crippen molar-refractivity contribution in [3.05, 3.63) is 29.3 Å². The molecule has 6 nitrogen and oxygen atoms in total. The number of aryl methyl sites for hydroxylation is 1. The normalized spacial score (nSPS) is 19.2. The molecule has 1 saturated heterocycles. The van der Waals surface area contributed by atoms with E-state index >= 15 is 0 Å². The molecule has 37 heavy (non-hydrogen) atoms. The first kappa shape index (κ1) is 31.7. The molecule has 5 atom stereocenters. The second-order valence-corrected chi connectivity index (χ2v) is 11.7. The fourth-order valence-electron chi connectivity index (χ4n) is 5.28. The molecule has 1 fully saturated rings. The summed E-state index contributed by atoms with van der Waals surface area (Å²) >= 11 is 0. The molecule has 212 valence electrons. The van der Waals surface area contributed by atoms with Crippen LogP contribution in [0.3, 0.4) is 0 Å². The lowest BCUT2D eigenvalue weighted by Crippen LogP contribution is -2.40. The summed E-state index contributed by atoms with van der Waals surface area (Å²) in [5.74, 6) is 1.89. The van der Waals surface area contributed by atoms with Gasteiger partial charge in [0, 0.05) is 45.1 Å². The minimum atomic E-state index is -0.696. The van der Waals surface area contributed by atoms with E-state index in [0.29, 0.717) is 44.3 Å². The van der Waals surface area contributed by atoms with E-state index in [1.807, 2.05) is 0 Å². The molecule has 1 aromatic rings. The van der Waals surface area contributed by atoms with Crippen LogP contribution in [-0.4, -0.2) is 56.1 Å². The minimum Gasteiger partial charge on any atom is -0.493 e. The molecule has 0 aromatic heterocycles. The second kappa shape index (κ2) is 16.5. The van der Waals surface area contributed by atoms with Crippen LogP contribution in [0.15, 0.2) is 18.2 Å². The van der Waals surface area contributed by atoms with Gasteiger partial charge in [0.05, 0.1) is 18.8 Å². The second-order valence-electron chi connectivity index (χ2n) is 11.7. The van der Waals surface area contributed by atoms with Crippen molar-refractivity contribution in [3.63, 3.8) is 0 Å². The van der Waals surface area contributed by atoms with Gasteiger partial charge in [-0.3, -0.25) is 4.79 Å². The summed E-state index contributed by atoms with van der Waals surface area (Å²) in [7, 11) is 1.70. The zero-order valence-electron chi connectivity index (χ0n) is 24.2. The van der Waals surface area contributed by atoms with Crippen molar-refractivity contribution >= 4 is 5.78 Å². The van der Waals surface area contributed by atoms with Gasteiger partial charge in [-0.2, -0.15) is 0 Å². The summed E-state index contributed by atoms with van der Waals surface area (Å²) < 4.78 is 16.8. The van der Waals surface area contributed by atoms with Crippen molar-refractivity contribution in [2.75, 3.05) is 26.9 Å². The molecular formula is C31H53NO5.